The Kier molecular flexibility index (Phi) is 5.97. The number of hydrogen-bond acceptors (Lipinski definition) is 4. The zero-order valence-electron chi connectivity index (χ0n) is 10.6. The van der Waals surface area contributed by atoms with Gasteiger partial charge in [-0.25, -0.2) is 0 Å². The van der Waals surface area contributed by atoms with Gasteiger partial charge in [0.15, 0.2) is 6.29 Å². The van der Waals surface area contributed by atoms with Gasteiger partial charge in [0.1, 0.15) is 0 Å². The summed E-state index contributed by atoms with van der Waals surface area (Å²) in [6.07, 6.45) is -0.869. The highest BCUT2D eigenvalue weighted by molar-refractivity contribution is 5.39. The van der Waals surface area contributed by atoms with Crippen LogP contribution in [-0.2, 0) is 4.74 Å². The second-order valence-electron chi connectivity index (χ2n) is 3.92. The Morgan fingerprint density at radius 1 is 1.24 bits per heavy atom. The third kappa shape index (κ3) is 4.73. The van der Waals surface area contributed by atoms with Gasteiger partial charge in [0.05, 0.1) is 6.61 Å². The molecule has 0 spiro atoms. The Morgan fingerprint density at radius 2 is 1.82 bits per heavy atom. The van der Waals surface area contributed by atoms with Crippen LogP contribution in [0.25, 0.3) is 0 Å². The van der Waals surface area contributed by atoms with Crippen molar-refractivity contribution in [3.05, 3.63) is 29.8 Å². The summed E-state index contributed by atoms with van der Waals surface area (Å²) < 4.78 is 5.38. The van der Waals surface area contributed by atoms with Crippen LogP contribution < -0.4 is 5.73 Å². The molecule has 4 nitrogen and oxygen atoms in total. The lowest BCUT2D eigenvalue weighted by atomic mass is 10.2. The first-order valence-electron chi connectivity index (χ1n) is 6.04. The molecule has 0 aromatic heterocycles. The quantitative estimate of drug-likeness (QED) is 0.560. The van der Waals surface area contributed by atoms with Crippen LogP contribution in [0.5, 0.6) is 0 Å². The van der Waals surface area contributed by atoms with E-state index in [2.05, 4.69) is 18.7 Å². The number of nitrogens with zero attached hydrogens (tertiary/aromatic N) is 1. The van der Waals surface area contributed by atoms with Crippen LogP contribution in [0.1, 0.15) is 25.7 Å². The number of aliphatic hydroxyl groups is 1. The van der Waals surface area contributed by atoms with E-state index in [0.717, 1.165) is 25.2 Å². The van der Waals surface area contributed by atoms with Gasteiger partial charge in [0.25, 0.3) is 0 Å². The molecule has 0 saturated heterocycles. The first-order chi connectivity index (χ1) is 8.17. The molecule has 96 valence electrons. The second-order valence-corrected chi connectivity index (χ2v) is 3.92. The van der Waals surface area contributed by atoms with Crippen molar-refractivity contribution in [1.82, 2.24) is 4.90 Å². The lowest BCUT2D eigenvalue weighted by Crippen LogP contribution is -2.27. The molecule has 0 radical (unpaired) electrons. The second kappa shape index (κ2) is 7.27. The number of aliphatic hydroxyl groups excluding tert-OH is 1. The van der Waals surface area contributed by atoms with Crippen LogP contribution in [0.4, 0.5) is 5.69 Å². The van der Waals surface area contributed by atoms with Crippen molar-refractivity contribution < 1.29 is 9.84 Å². The first-order valence-corrected chi connectivity index (χ1v) is 6.04. The molecule has 0 saturated carbocycles. The lowest BCUT2D eigenvalue weighted by Gasteiger charge is -2.19. The minimum Gasteiger partial charge on any atom is -0.399 e. The fourth-order valence-electron chi connectivity index (χ4n) is 1.59. The zero-order chi connectivity index (χ0) is 12.7. The summed E-state index contributed by atoms with van der Waals surface area (Å²) in [5.74, 6) is 0. The van der Waals surface area contributed by atoms with E-state index in [0.29, 0.717) is 12.3 Å². The van der Waals surface area contributed by atoms with Crippen LogP contribution >= 0.6 is 0 Å². The molecule has 0 fully saturated rings. The van der Waals surface area contributed by atoms with Crippen molar-refractivity contribution in [2.45, 2.75) is 20.1 Å². The molecule has 0 bridgehead atoms. The van der Waals surface area contributed by atoms with Crippen LogP contribution in [0, 0.1) is 0 Å². The number of nitrogen functional groups attached to an aromatic ring is 1. The molecule has 0 aliphatic rings. The monoisotopic (exact) mass is 238 g/mol. The Hall–Kier alpha value is -1.10. The number of nitrogens with two attached hydrogens (primary N) is 1. The highest BCUT2D eigenvalue weighted by Gasteiger charge is 2.07. The predicted molar refractivity (Wildman–Crippen MR) is 69.6 cm³/mol. The summed E-state index contributed by atoms with van der Waals surface area (Å²) in [6.45, 7) is 7.57. The summed E-state index contributed by atoms with van der Waals surface area (Å²) in [5.41, 5.74) is 6.99. The topological polar surface area (TPSA) is 58.7 Å². The Balaban J connectivity index is 2.34. The molecule has 0 aliphatic heterocycles. The summed E-state index contributed by atoms with van der Waals surface area (Å²) in [4.78, 5) is 2.25. The largest absolute Gasteiger partial charge is 0.399 e. The predicted octanol–water partition coefficient (Wildman–Crippen LogP) is 1.62. The van der Waals surface area contributed by atoms with Crippen molar-refractivity contribution in [2.75, 3.05) is 32.0 Å². The average molecular weight is 238 g/mol. The first kappa shape index (κ1) is 14.0. The van der Waals surface area contributed by atoms with Crippen LogP contribution in [0.3, 0.4) is 0 Å². The van der Waals surface area contributed by atoms with E-state index in [1.54, 1.807) is 24.3 Å². The van der Waals surface area contributed by atoms with E-state index < -0.39 is 6.29 Å². The zero-order valence-corrected chi connectivity index (χ0v) is 10.6. The molecule has 0 aliphatic carbocycles. The maximum atomic E-state index is 9.79. The number of rotatable bonds is 7. The maximum Gasteiger partial charge on any atom is 0.181 e. The van der Waals surface area contributed by atoms with Crippen LogP contribution in [0.2, 0.25) is 0 Å². The Bertz CT molecular complexity index is 310. The van der Waals surface area contributed by atoms with Gasteiger partial charge in [-0.3, -0.25) is 0 Å². The summed E-state index contributed by atoms with van der Waals surface area (Å²) in [7, 11) is 0. The van der Waals surface area contributed by atoms with Gasteiger partial charge >= 0.3 is 0 Å². The minimum absolute atomic E-state index is 0.521. The van der Waals surface area contributed by atoms with Gasteiger partial charge in [0, 0.05) is 17.8 Å². The van der Waals surface area contributed by atoms with Gasteiger partial charge in [-0.2, -0.15) is 0 Å². The molecule has 1 atom stereocenters. The Morgan fingerprint density at radius 3 is 2.35 bits per heavy atom. The normalized spacial score (nSPS) is 12.9. The lowest BCUT2D eigenvalue weighted by molar-refractivity contribution is -0.106. The molecule has 1 aromatic carbocycles. The van der Waals surface area contributed by atoms with Gasteiger partial charge in [-0.05, 0) is 25.2 Å². The number of likely N-dealkylation sites (N-methyl/N-ethyl adjacent to an activating group) is 1. The van der Waals surface area contributed by atoms with E-state index in [9.17, 15) is 5.11 Å². The number of hydrogen-bond donors (Lipinski definition) is 2. The van der Waals surface area contributed by atoms with E-state index in [1.165, 1.54) is 0 Å². The highest BCUT2D eigenvalue weighted by atomic mass is 16.6. The van der Waals surface area contributed by atoms with Crippen molar-refractivity contribution in [3.63, 3.8) is 0 Å². The molecule has 4 heteroatoms. The SMILES string of the molecule is CCN(CC)CCOC(O)c1ccc(N)cc1. The van der Waals surface area contributed by atoms with E-state index in [4.69, 9.17) is 10.5 Å². The van der Waals surface area contributed by atoms with E-state index in [1.807, 2.05) is 0 Å². The maximum absolute atomic E-state index is 9.79. The van der Waals surface area contributed by atoms with Crippen molar-refractivity contribution in [2.24, 2.45) is 0 Å². The standard InChI is InChI=1S/C13H22N2O2/c1-3-15(4-2)9-10-17-13(16)11-5-7-12(14)8-6-11/h5-8,13,16H,3-4,9-10,14H2,1-2H3. The molecule has 1 rings (SSSR count). The molecule has 0 heterocycles. The van der Waals surface area contributed by atoms with Gasteiger partial charge in [-0.1, -0.05) is 26.0 Å². The number of anilines is 1. The molecular formula is C13H22N2O2. The molecule has 3 N–H and O–H groups in total. The smallest absolute Gasteiger partial charge is 0.181 e. The molecular weight excluding hydrogens is 216 g/mol. The fraction of sp³-hybridized carbons (Fsp3) is 0.538. The minimum atomic E-state index is -0.869. The summed E-state index contributed by atoms with van der Waals surface area (Å²) in [6, 6.07) is 7.06. The van der Waals surface area contributed by atoms with Crippen LogP contribution in [0.15, 0.2) is 24.3 Å². The molecule has 1 unspecified atom stereocenters. The highest BCUT2D eigenvalue weighted by Crippen LogP contribution is 2.15. The third-order valence-electron chi connectivity index (χ3n) is 2.80. The summed E-state index contributed by atoms with van der Waals surface area (Å²) >= 11 is 0. The van der Waals surface area contributed by atoms with Gasteiger partial charge in [-0.15, -0.1) is 0 Å². The van der Waals surface area contributed by atoms with E-state index >= 15 is 0 Å². The number of benzene rings is 1. The van der Waals surface area contributed by atoms with Gasteiger partial charge < -0.3 is 20.5 Å². The molecule has 1 aromatic rings. The molecule has 0 amide bonds. The Labute approximate surface area is 103 Å². The van der Waals surface area contributed by atoms with Crippen molar-refractivity contribution in [1.29, 1.82) is 0 Å². The van der Waals surface area contributed by atoms with E-state index in [-0.39, 0.29) is 0 Å². The number of ether oxygens (including phenoxy) is 1. The summed E-state index contributed by atoms with van der Waals surface area (Å²) in [5, 5.41) is 9.79. The fourth-order valence-corrected chi connectivity index (χ4v) is 1.59. The van der Waals surface area contributed by atoms with Crippen molar-refractivity contribution >= 4 is 5.69 Å². The van der Waals surface area contributed by atoms with Crippen molar-refractivity contribution in [3.8, 4) is 0 Å². The van der Waals surface area contributed by atoms with Gasteiger partial charge in [0.2, 0.25) is 0 Å². The van der Waals surface area contributed by atoms with Crippen LogP contribution in [-0.4, -0.2) is 36.2 Å². The third-order valence-corrected chi connectivity index (χ3v) is 2.80. The molecule has 17 heavy (non-hydrogen) atoms. The average Bonchev–Trinajstić information content (AvgIpc) is 2.35.